The molecule has 2 rings (SSSR count). The molecule has 0 amide bonds. The molecular weight excluding hydrogens is 272 g/mol. The van der Waals surface area contributed by atoms with Gasteiger partial charge in [0.05, 0.1) is 17.9 Å². The molecule has 1 saturated carbocycles. The van der Waals surface area contributed by atoms with E-state index in [1.165, 1.54) is 0 Å². The predicted octanol–water partition coefficient (Wildman–Crippen LogP) is 4.43. The lowest BCUT2D eigenvalue weighted by Crippen LogP contribution is -2.37. The van der Waals surface area contributed by atoms with Gasteiger partial charge in [-0.1, -0.05) is 20.8 Å². The molecule has 1 fully saturated rings. The SMILES string of the molecule is CC(C)(C)C1CCC(C(=O)O)C(SCc2ccco2)C1. The number of hydrogen-bond acceptors (Lipinski definition) is 3. The van der Waals surface area contributed by atoms with Crippen molar-refractivity contribution in [2.45, 2.75) is 51.0 Å². The molecule has 1 aliphatic rings. The molecule has 0 radical (unpaired) electrons. The third-order valence-electron chi connectivity index (χ3n) is 4.35. The first-order valence-corrected chi connectivity index (χ1v) is 8.29. The first kappa shape index (κ1) is 15.5. The van der Waals surface area contributed by atoms with Gasteiger partial charge in [-0.05, 0) is 42.7 Å². The first-order valence-electron chi connectivity index (χ1n) is 7.24. The van der Waals surface area contributed by atoms with E-state index in [-0.39, 0.29) is 16.6 Å². The van der Waals surface area contributed by atoms with E-state index in [2.05, 4.69) is 20.8 Å². The van der Waals surface area contributed by atoms with Gasteiger partial charge in [0.1, 0.15) is 5.76 Å². The number of furan rings is 1. The third kappa shape index (κ3) is 3.81. The van der Waals surface area contributed by atoms with Gasteiger partial charge in [-0.15, -0.1) is 11.8 Å². The van der Waals surface area contributed by atoms with Gasteiger partial charge in [0.15, 0.2) is 0 Å². The van der Waals surface area contributed by atoms with E-state index in [9.17, 15) is 9.90 Å². The molecule has 0 aromatic carbocycles. The van der Waals surface area contributed by atoms with Crippen molar-refractivity contribution >= 4 is 17.7 Å². The summed E-state index contributed by atoms with van der Waals surface area (Å²) in [6.45, 7) is 6.77. The zero-order chi connectivity index (χ0) is 14.8. The molecule has 1 aliphatic carbocycles. The first-order chi connectivity index (χ1) is 9.38. The summed E-state index contributed by atoms with van der Waals surface area (Å²) in [6, 6.07) is 3.83. The van der Waals surface area contributed by atoms with Gasteiger partial charge in [-0.2, -0.15) is 0 Å². The van der Waals surface area contributed by atoms with E-state index >= 15 is 0 Å². The minimum Gasteiger partial charge on any atom is -0.481 e. The maximum atomic E-state index is 11.4. The zero-order valence-electron chi connectivity index (χ0n) is 12.5. The van der Waals surface area contributed by atoms with Crippen molar-refractivity contribution in [3.8, 4) is 0 Å². The van der Waals surface area contributed by atoms with Crippen LogP contribution in [0.4, 0.5) is 0 Å². The molecule has 0 aliphatic heterocycles. The third-order valence-corrected chi connectivity index (χ3v) is 5.75. The van der Waals surface area contributed by atoms with Crippen molar-refractivity contribution in [2.75, 3.05) is 0 Å². The fourth-order valence-electron chi connectivity index (χ4n) is 2.97. The summed E-state index contributed by atoms with van der Waals surface area (Å²) in [5.74, 6) is 1.44. The fourth-order valence-corrected chi connectivity index (χ4v) is 4.36. The van der Waals surface area contributed by atoms with E-state index < -0.39 is 5.97 Å². The Bertz CT molecular complexity index is 433. The normalized spacial score (nSPS) is 27.4. The van der Waals surface area contributed by atoms with Crippen LogP contribution in [-0.4, -0.2) is 16.3 Å². The van der Waals surface area contributed by atoms with Crippen molar-refractivity contribution in [3.63, 3.8) is 0 Å². The number of carboxylic acid groups (broad SMARTS) is 1. The topological polar surface area (TPSA) is 50.4 Å². The highest BCUT2D eigenvalue weighted by atomic mass is 32.2. The van der Waals surface area contributed by atoms with E-state index in [1.807, 2.05) is 12.1 Å². The largest absolute Gasteiger partial charge is 0.481 e. The number of hydrogen-bond donors (Lipinski definition) is 1. The summed E-state index contributed by atoms with van der Waals surface area (Å²) in [4.78, 5) is 11.4. The standard InChI is InChI=1S/C16H24O3S/c1-16(2,3)11-6-7-13(15(17)18)14(9-11)20-10-12-5-4-8-19-12/h4-5,8,11,13-14H,6-7,9-10H2,1-3H3,(H,17,18). The van der Waals surface area contributed by atoms with E-state index in [0.29, 0.717) is 5.92 Å². The van der Waals surface area contributed by atoms with Crippen LogP contribution in [0.5, 0.6) is 0 Å². The van der Waals surface area contributed by atoms with Crippen LogP contribution in [-0.2, 0) is 10.5 Å². The molecule has 20 heavy (non-hydrogen) atoms. The number of carboxylic acids is 1. The van der Waals surface area contributed by atoms with Crippen LogP contribution in [0, 0.1) is 17.3 Å². The second-order valence-electron chi connectivity index (χ2n) is 6.75. The Balaban J connectivity index is 2.01. The molecule has 3 nitrogen and oxygen atoms in total. The van der Waals surface area contributed by atoms with Crippen molar-refractivity contribution < 1.29 is 14.3 Å². The van der Waals surface area contributed by atoms with Crippen molar-refractivity contribution in [3.05, 3.63) is 24.2 Å². The zero-order valence-corrected chi connectivity index (χ0v) is 13.3. The fraction of sp³-hybridized carbons (Fsp3) is 0.688. The molecule has 0 bridgehead atoms. The summed E-state index contributed by atoms with van der Waals surface area (Å²) < 4.78 is 5.35. The Hall–Kier alpha value is -0.900. The van der Waals surface area contributed by atoms with Gasteiger partial charge in [0, 0.05) is 5.25 Å². The summed E-state index contributed by atoms with van der Waals surface area (Å²) >= 11 is 1.74. The molecule has 1 heterocycles. The van der Waals surface area contributed by atoms with Crippen LogP contribution >= 0.6 is 11.8 Å². The average molecular weight is 296 g/mol. The van der Waals surface area contributed by atoms with E-state index in [0.717, 1.165) is 30.8 Å². The minimum absolute atomic E-state index is 0.190. The van der Waals surface area contributed by atoms with Gasteiger partial charge in [0.25, 0.3) is 0 Å². The Morgan fingerprint density at radius 1 is 1.45 bits per heavy atom. The monoisotopic (exact) mass is 296 g/mol. The minimum atomic E-state index is -0.644. The van der Waals surface area contributed by atoms with Crippen LogP contribution < -0.4 is 0 Å². The Morgan fingerprint density at radius 3 is 2.75 bits per heavy atom. The lowest BCUT2D eigenvalue weighted by molar-refractivity contribution is -0.143. The Labute approximate surface area is 125 Å². The predicted molar refractivity (Wildman–Crippen MR) is 81.7 cm³/mol. The second kappa shape index (κ2) is 6.25. The van der Waals surface area contributed by atoms with Gasteiger partial charge in [-0.25, -0.2) is 0 Å². The van der Waals surface area contributed by atoms with E-state index in [4.69, 9.17) is 4.42 Å². The molecule has 1 aromatic rings. The highest BCUT2D eigenvalue weighted by molar-refractivity contribution is 7.99. The number of thioether (sulfide) groups is 1. The highest BCUT2D eigenvalue weighted by Crippen LogP contribution is 2.44. The molecule has 1 aromatic heterocycles. The van der Waals surface area contributed by atoms with Gasteiger partial charge in [0.2, 0.25) is 0 Å². The van der Waals surface area contributed by atoms with Crippen LogP contribution in [0.15, 0.2) is 22.8 Å². The molecule has 0 spiro atoms. The molecule has 112 valence electrons. The van der Waals surface area contributed by atoms with Crippen LogP contribution in [0.2, 0.25) is 0 Å². The van der Waals surface area contributed by atoms with Crippen LogP contribution in [0.25, 0.3) is 0 Å². The van der Waals surface area contributed by atoms with Crippen LogP contribution in [0.1, 0.15) is 45.8 Å². The number of rotatable bonds is 4. The molecular formula is C16H24O3S. The molecule has 1 N–H and O–H groups in total. The van der Waals surface area contributed by atoms with Crippen molar-refractivity contribution in [2.24, 2.45) is 17.3 Å². The molecule has 4 heteroatoms. The van der Waals surface area contributed by atoms with Crippen molar-refractivity contribution in [1.29, 1.82) is 0 Å². The second-order valence-corrected chi connectivity index (χ2v) is 7.98. The van der Waals surface area contributed by atoms with Crippen LogP contribution in [0.3, 0.4) is 0 Å². The average Bonchev–Trinajstić information content (AvgIpc) is 2.87. The Kier molecular flexibility index (Phi) is 4.84. The lowest BCUT2D eigenvalue weighted by atomic mass is 9.69. The molecule has 3 atom stereocenters. The molecule has 3 unspecified atom stereocenters. The smallest absolute Gasteiger partial charge is 0.307 e. The van der Waals surface area contributed by atoms with E-state index in [1.54, 1.807) is 18.0 Å². The maximum absolute atomic E-state index is 11.4. The summed E-state index contributed by atoms with van der Waals surface area (Å²) in [7, 11) is 0. The maximum Gasteiger partial charge on any atom is 0.307 e. The van der Waals surface area contributed by atoms with Gasteiger partial charge >= 0.3 is 5.97 Å². The number of carbonyl (C=O) groups is 1. The molecule has 0 saturated heterocycles. The lowest BCUT2D eigenvalue weighted by Gasteiger charge is -2.40. The van der Waals surface area contributed by atoms with Crippen molar-refractivity contribution in [1.82, 2.24) is 0 Å². The summed E-state index contributed by atoms with van der Waals surface area (Å²) in [5, 5.41) is 9.61. The highest BCUT2D eigenvalue weighted by Gasteiger charge is 2.39. The quantitative estimate of drug-likeness (QED) is 0.893. The summed E-state index contributed by atoms with van der Waals surface area (Å²) in [5.41, 5.74) is 0.257. The summed E-state index contributed by atoms with van der Waals surface area (Å²) in [6.07, 6.45) is 4.49. The van der Waals surface area contributed by atoms with Gasteiger partial charge in [-0.3, -0.25) is 4.79 Å². The van der Waals surface area contributed by atoms with Gasteiger partial charge < -0.3 is 9.52 Å². The number of aliphatic carboxylic acids is 1. The Morgan fingerprint density at radius 2 is 2.20 bits per heavy atom.